The van der Waals surface area contributed by atoms with Crippen LogP contribution in [0.25, 0.3) is 0 Å². The molecule has 0 saturated heterocycles. The number of nitrogens with one attached hydrogen (secondary N) is 1. The summed E-state index contributed by atoms with van der Waals surface area (Å²) in [5.41, 5.74) is 1.90. The first-order chi connectivity index (χ1) is 12.6. The van der Waals surface area contributed by atoms with Gasteiger partial charge in [-0.3, -0.25) is 4.79 Å². The monoisotopic (exact) mass is 355 g/mol. The molecule has 1 aliphatic rings. The van der Waals surface area contributed by atoms with Crippen LogP contribution in [-0.4, -0.2) is 27.2 Å². The average molecular weight is 355 g/mol. The molecule has 0 spiro atoms. The molecule has 3 rings (SSSR count). The lowest BCUT2D eigenvalue weighted by Crippen LogP contribution is -2.17. The minimum Gasteiger partial charge on any atom is -0.497 e. The highest BCUT2D eigenvalue weighted by Gasteiger charge is 2.33. The van der Waals surface area contributed by atoms with Crippen molar-refractivity contribution < 1.29 is 19.0 Å². The molecule has 1 unspecified atom stereocenters. The predicted octanol–water partition coefficient (Wildman–Crippen LogP) is 4.23. The number of anilines is 1. The maximum atomic E-state index is 12.6. The van der Waals surface area contributed by atoms with Crippen LogP contribution in [0.2, 0.25) is 0 Å². The third-order valence-corrected chi connectivity index (χ3v) is 4.81. The van der Waals surface area contributed by atoms with Gasteiger partial charge < -0.3 is 19.5 Å². The summed E-state index contributed by atoms with van der Waals surface area (Å²) in [6, 6.07) is 13.4. The van der Waals surface area contributed by atoms with Crippen molar-refractivity contribution >= 4 is 11.6 Å². The summed E-state index contributed by atoms with van der Waals surface area (Å²) in [5.74, 6) is 2.89. The summed E-state index contributed by atoms with van der Waals surface area (Å²) in [7, 11) is 4.82. The normalized spacial score (nSPS) is 14.4. The zero-order valence-electron chi connectivity index (χ0n) is 15.5. The smallest absolute Gasteiger partial charge is 0.224 e. The summed E-state index contributed by atoms with van der Waals surface area (Å²) < 4.78 is 15.7. The molecule has 138 valence electrons. The van der Waals surface area contributed by atoms with Crippen LogP contribution in [0.4, 0.5) is 5.69 Å². The van der Waals surface area contributed by atoms with E-state index in [0.717, 1.165) is 5.75 Å². The maximum Gasteiger partial charge on any atom is 0.224 e. The molecule has 2 aromatic carbocycles. The molecule has 1 saturated carbocycles. The topological polar surface area (TPSA) is 56.8 Å². The number of methoxy groups -OCH3 is 3. The number of carbonyl (C=O) groups is 1. The highest BCUT2D eigenvalue weighted by atomic mass is 16.5. The molecule has 1 atom stereocenters. The highest BCUT2D eigenvalue weighted by Crippen LogP contribution is 2.45. The highest BCUT2D eigenvalue weighted by molar-refractivity contribution is 5.91. The van der Waals surface area contributed by atoms with Gasteiger partial charge in [-0.1, -0.05) is 12.1 Å². The van der Waals surface area contributed by atoms with Gasteiger partial charge in [-0.05, 0) is 54.5 Å². The molecule has 1 fully saturated rings. The van der Waals surface area contributed by atoms with Crippen molar-refractivity contribution in [3.8, 4) is 17.2 Å². The Morgan fingerprint density at radius 3 is 2.27 bits per heavy atom. The van der Waals surface area contributed by atoms with Crippen molar-refractivity contribution in [1.29, 1.82) is 0 Å². The maximum absolute atomic E-state index is 12.6. The van der Waals surface area contributed by atoms with E-state index >= 15 is 0 Å². The van der Waals surface area contributed by atoms with E-state index < -0.39 is 0 Å². The lowest BCUT2D eigenvalue weighted by atomic mass is 9.90. The molecule has 0 bridgehead atoms. The van der Waals surface area contributed by atoms with Crippen molar-refractivity contribution in [2.75, 3.05) is 26.6 Å². The molecule has 0 aliphatic heterocycles. The Morgan fingerprint density at radius 2 is 1.69 bits per heavy atom. The minimum absolute atomic E-state index is 0.00457. The number of ether oxygens (including phenoxy) is 3. The number of hydrogen-bond acceptors (Lipinski definition) is 4. The second-order valence-corrected chi connectivity index (χ2v) is 6.54. The van der Waals surface area contributed by atoms with Gasteiger partial charge in [-0.15, -0.1) is 0 Å². The minimum atomic E-state index is 0.00457. The summed E-state index contributed by atoms with van der Waals surface area (Å²) >= 11 is 0. The Bertz CT molecular complexity index is 753. The SMILES string of the molecule is COc1ccc(C(CC(=O)Nc2ccc(OC)c(OC)c2)C2CC2)cc1. The summed E-state index contributed by atoms with van der Waals surface area (Å²) in [5, 5.41) is 2.97. The fourth-order valence-electron chi connectivity index (χ4n) is 3.23. The van der Waals surface area contributed by atoms with Crippen molar-refractivity contribution in [3.63, 3.8) is 0 Å². The van der Waals surface area contributed by atoms with Gasteiger partial charge in [0.15, 0.2) is 11.5 Å². The van der Waals surface area contributed by atoms with Gasteiger partial charge in [0.1, 0.15) is 5.75 Å². The number of hydrogen-bond donors (Lipinski definition) is 1. The molecule has 0 radical (unpaired) electrons. The van der Waals surface area contributed by atoms with Crippen LogP contribution >= 0.6 is 0 Å². The van der Waals surface area contributed by atoms with Gasteiger partial charge in [-0.2, -0.15) is 0 Å². The van der Waals surface area contributed by atoms with Crippen molar-refractivity contribution in [1.82, 2.24) is 0 Å². The molecule has 2 aromatic rings. The second-order valence-electron chi connectivity index (χ2n) is 6.54. The standard InChI is InChI=1S/C21H25NO4/c1-24-17-9-6-15(7-10-17)18(14-4-5-14)13-21(23)22-16-8-11-19(25-2)20(12-16)26-3/h6-12,14,18H,4-5,13H2,1-3H3,(H,22,23). The van der Waals surface area contributed by atoms with Crippen LogP contribution < -0.4 is 19.5 Å². The largest absolute Gasteiger partial charge is 0.497 e. The van der Waals surface area contributed by atoms with Crippen LogP contribution in [0.15, 0.2) is 42.5 Å². The van der Waals surface area contributed by atoms with Crippen LogP contribution in [-0.2, 0) is 4.79 Å². The van der Waals surface area contributed by atoms with Gasteiger partial charge >= 0.3 is 0 Å². The Kier molecular flexibility index (Phi) is 5.66. The number of amides is 1. The Hall–Kier alpha value is -2.69. The van der Waals surface area contributed by atoms with E-state index in [1.54, 1.807) is 33.5 Å². The van der Waals surface area contributed by atoms with E-state index in [9.17, 15) is 4.79 Å². The van der Waals surface area contributed by atoms with E-state index in [2.05, 4.69) is 17.4 Å². The predicted molar refractivity (Wildman–Crippen MR) is 101 cm³/mol. The summed E-state index contributed by atoms with van der Waals surface area (Å²) in [4.78, 5) is 12.6. The second kappa shape index (κ2) is 8.13. The Labute approximate surface area is 154 Å². The van der Waals surface area contributed by atoms with E-state index in [1.807, 2.05) is 18.2 Å². The van der Waals surface area contributed by atoms with Crippen molar-refractivity contribution in [2.45, 2.75) is 25.2 Å². The van der Waals surface area contributed by atoms with Crippen molar-refractivity contribution in [3.05, 3.63) is 48.0 Å². The van der Waals surface area contributed by atoms with E-state index in [4.69, 9.17) is 14.2 Å². The lowest BCUT2D eigenvalue weighted by molar-refractivity contribution is -0.116. The molecule has 26 heavy (non-hydrogen) atoms. The van der Waals surface area contributed by atoms with E-state index in [1.165, 1.54) is 18.4 Å². The van der Waals surface area contributed by atoms with Crippen LogP contribution in [0.3, 0.4) is 0 Å². The van der Waals surface area contributed by atoms with Crippen molar-refractivity contribution in [2.24, 2.45) is 5.92 Å². The zero-order chi connectivity index (χ0) is 18.5. The zero-order valence-corrected chi connectivity index (χ0v) is 15.5. The molecule has 1 amide bonds. The molecule has 1 N–H and O–H groups in total. The van der Waals surface area contributed by atoms with Gasteiger partial charge in [0, 0.05) is 18.2 Å². The molecular formula is C21H25NO4. The van der Waals surface area contributed by atoms with Gasteiger partial charge in [0.05, 0.1) is 21.3 Å². The first-order valence-electron chi connectivity index (χ1n) is 8.80. The third-order valence-electron chi connectivity index (χ3n) is 4.81. The molecule has 1 aliphatic carbocycles. The molecule has 5 nitrogen and oxygen atoms in total. The van der Waals surface area contributed by atoms with Gasteiger partial charge in [0.2, 0.25) is 5.91 Å². The average Bonchev–Trinajstić information content (AvgIpc) is 3.51. The molecular weight excluding hydrogens is 330 g/mol. The van der Waals surface area contributed by atoms with Crippen LogP contribution in [0.1, 0.15) is 30.7 Å². The van der Waals surface area contributed by atoms with Gasteiger partial charge in [-0.25, -0.2) is 0 Å². The number of carbonyl (C=O) groups excluding carboxylic acids is 1. The molecule has 0 heterocycles. The Morgan fingerprint density at radius 1 is 1.00 bits per heavy atom. The first kappa shape index (κ1) is 18.1. The first-order valence-corrected chi connectivity index (χ1v) is 8.80. The summed E-state index contributed by atoms with van der Waals surface area (Å²) in [6.07, 6.45) is 2.83. The molecule has 0 aromatic heterocycles. The van der Waals surface area contributed by atoms with Gasteiger partial charge in [0.25, 0.3) is 0 Å². The van der Waals surface area contributed by atoms with E-state index in [-0.39, 0.29) is 11.8 Å². The lowest BCUT2D eigenvalue weighted by Gasteiger charge is -2.17. The Balaban J connectivity index is 1.68. The number of rotatable bonds is 8. The molecule has 5 heteroatoms. The fraction of sp³-hybridized carbons (Fsp3) is 0.381. The van der Waals surface area contributed by atoms with E-state index in [0.29, 0.717) is 29.5 Å². The fourth-order valence-corrected chi connectivity index (χ4v) is 3.23. The number of benzene rings is 2. The third kappa shape index (κ3) is 4.28. The quantitative estimate of drug-likeness (QED) is 0.770. The van der Waals surface area contributed by atoms with Crippen LogP contribution in [0, 0.1) is 5.92 Å². The summed E-state index contributed by atoms with van der Waals surface area (Å²) in [6.45, 7) is 0. The van der Waals surface area contributed by atoms with Crippen LogP contribution in [0.5, 0.6) is 17.2 Å².